The van der Waals surface area contributed by atoms with Gasteiger partial charge in [-0.2, -0.15) is 0 Å². The number of fused-ring (bicyclic) bond motifs is 2. The Morgan fingerprint density at radius 1 is 0.926 bits per heavy atom. The van der Waals surface area contributed by atoms with E-state index in [4.69, 9.17) is 9.97 Å². The van der Waals surface area contributed by atoms with Gasteiger partial charge < -0.3 is 0 Å². The second kappa shape index (κ2) is 8.09. The van der Waals surface area contributed by atoms with Gasteiger partial charge in [-0.25, -0.2) is 0 Å². The lowest BCUT2D eigenvalue weighted by atomic mass is 10.1. The van der Waals surface area contributed by atoms with E-state index in [9.17, 15) is 0 Å². The number of aromatic nitrogens is 2. The van der Waals surface area contributed by atoms with Crippen LogP contribution in [0, 0.1) is 0 Å². The van der Waals surface area contributed by atoms with Crippen molar-refractivity contribution < 1.29 is 0 Å². The number of allylic oxidation sites excluding steroid dienone is 1. The topological polar surface area (TPSA) is 38.1 Å². The zero-order chi connectivity index (χ0) is 18.5. The summed E-state index contributed by atoms with van der Waals surface area (Å²) in [6.45, 7) is 0. The van der Waals surface area contributed by atoms with Gasteiger partial charge in [-0.3, -0.25) is 15.0 Å². The first-order chi connectivity index (χ1) is 13.3. The molecule has 0 unspecified atom stereocenters. The molecule has 0 fully saturated rings. The van der Waals surface area contributed by atoms with Gasteiger partial charge in [-0.05, 0) is 60.7 Å². The summed E-state index contributed by atoms with van der Waals surface area (Å²) in [5.41, 5.74) is 4.41. The SMILES string of the molecule is C/N=C\C=C/c1ccc2ccc(CCc3ccc4c(n3)=CCCC=4)nc2c1. The van der Waals surface area contributed by atoms with Crippen molar-refractivity contribution in [2.75, 3.05) is 7.05 Å². The van der Waals surface area contributed by atoms with Crippen LogP contribution >= 0.6 is 0 Å². The zero-order valence-corrected chi connectivity index (χ0v) is 15.6. The van der Waals surface area contributed by atoms with Crippen molar-refractivity contribution in [1.82, 2.24) is 9.97 Å². The summed E-state index contributed by atoms with van der Waals surface area (Å²) in [5.74, 6) is 0. The number of rotatable bonds is 5. The van der Waals surface area contributed by atoms with Crippen LogP contribution in [0.25, 0.3) is 29.1 Å². The predicted octanol–water partition coefficient (Wildman–Crippen LogP) is 3.48. The number of hydrogen-bond donors (Lipinski definition) is 0. The molecule has 2 aromatic heterocycles. The summed E-state index contributed by atoms with van der Waals surface area (Å²) in [6.07, 6.45) is 14.3. The van der Waals surface area contributed by atoms with Gasteiger partial charge >= 0.3 is 0 Å². The fourth-order valence-electron chi connectivity index (χ4n) is 3.38. The molecular weight excluding hydrogens is 330 g/mol. The molecule has 134 valence electrons. The van der Waals surface area contributed by atoms with E-state index in [1.54, 1.807) is 13.3 Å². The summed E-state index contributed by atoms with van der Waals surface area (Å²) in [7, 11) is 1.77. The first-order valence-electron chi connectivity index (χ1n) is 9.47. The third-order valence-corrected chi connectivity index (χ3v) is 4.82. The lowest BCUT2D eigenvalue weighted by molar-refractivity contribution is 0.874. The van der Waals surface area contributed by atoms with Crippen molar-refractivity contribution in [2.24, 2.45) is 4.99 Å². The highest BCUT2D eigenvalue weighted by atomic mass is 14.7. The highest BCUT2D eigenvalue weighted by molar-refractivity contribution is 5.84. The van der Waals surface area contributed by atoms with Crippen LogP contribution < -0.4 is 10.6 Å². The third kappa shape index (κ3) is 4.20. The average Bonchev–Trinajstić information content (AvgIpc) is 2.72. The van der Waals surface area contributed by atoms with Crippen LogP contribution in [-0.4, -0.2) is 23.2 Å². The molecule has 0 aliphatic heterocycles. The van der Waals surface area contributed by atoms with Crippen LogP contribution in [0.15, 0.2) is 53.5 Å². The molecule has 3 nitrogen and oxygen atoms in total. The smallest absolute Gasteiger partial charge is 0.0711 e. The molecule has 1 aliphatic rings. The Bertz CT molecular complexity index is 1140. The summed E-state index contributed by atoms with van der Waals surface area (Å²) < 4.78 is 0. The molecule has 2 heterocycles. The monoisotopic (exact) mass is 353 g/mol. The molecule has 1 aromatic carbocycles. The van der Waals surface area contributed by atoms with Crippen molar-refractivity contribution in [1.29, 1.82) is 0 Å². The fourth-order valence-corrected chi connectivity index (χ4v) is 3.38. The Morgan fingerprint density at radius 3 is 2.59 bits per heavy atom. The molecule has 0 atom stereocenters. The third-order valence-electron chi connectivity index (χ3n) is 4.82. The van der Waals surface area contributed by atoms with Crippen molar-refractivity contribution >= 4 is 35.3 Å². The lowest BCUT2D eigenvalue weighted by Gasteiger charge is -2.06. The van der Waals surface area contributed by atoms with Crippen LogP contribution in [0.1, 0.15) is 29.8 Å². The Morgan fingerprint density at radius 2 is 1.70 bits per heavy atom. The van der Waals surface area contributed by atoms with Crippen LogP contribution in [0.2, 0.25) is 0 Å². The van der Waals surface area contributed by atoms with E-state index in [2.05, 4.69) is 59.6 Å². The van der Waals surface area contributed by atoms with E-state index in [0.717, 1.165) is 58.9 Å². The minimum Gasteiger partial charge on any atom is -0.297 e. The van der Waals surface area contributed by atoms with Gasteiger partial charge in [0, 0.05) is 30.0 Å². The number of benzene rings is 1. The molecule has 0 saturated heterocycles. The summed E-state index contributed by atoms with van der Waals surface area (Å²) in [4.78, 5) is 13.6. The molecule has 3 aromatic rings. The normalized spacial score (nSPS) is 13.7. The van der Waals surface area contributed by atoms with E-state index in [1.807, 2.05) is 12.2 Å². The molecule has 0 N–H and O–H groups in total. The maximum Gasteiger partial charge on any atom is 0.0711 e. The molecule has 0 spiro atoms. The van der Waals surface area contributed by atoms with Crippen LogP contribution in [-0.2, 0) is 12.8 Å². The Labute approximate surface area is 159 Å². The predicted molar refractivity (Wildman–Crippen MR) is 114 cm³/mol. The number of hydrogen-bond acceptors (Lipinski definition) is 3. The second-order valence-electron chi connectivity index (χ2n) is 6.78. The van der Waals surface area contributed by atoms with Gasteiger partial charge in [0.1, 0.15) is 0 Å². The average molecular weight is 353 g/mol. The van der Waals surface area contributed by atoms with Gasteiger partial charge in [0.2, 0.25) is 0 Å². The minimum absolute atomic E-state index is 0.897. The molecule has 4 rings (SSSR count). The van der Waals surface area contributed by atoms with Gasteiger partial charge in [-0.15, -0.1) is 0 Å². The van der Waals surface area contributed by atoms with Crippen molar-refractivity contribution in [3.8, 4) is 0 Å². The van der Waals surface area contributed by atoms with Crippen molar-refractivity contribution in [3.63, 3.8) is 0 Å². The summed E-state index contributed by atoms with van der Waals surface area (Å²) in [6, 6.07) is 15.0. The van der Waals surface area contributed by atoms with E-state index in [-0.39, 0.29) is 0 Å². The summed E-state index contributed by atoms with van der Waals surface area (Å²) in [5, 5.41) is 3.57. The zero-order valence-electron chi connectivity index (χ0n) is 15.6. The molecule has 0 radical (unpaired) electrons. The molecule has 0 saturated carbocycles. The number of aryl methyl sites for hydroxylation is 2. The first kappa shape index (κ1) is 17.3. The van der Waals surface area contributed by atoms with Crippen LogP contribution in [0.3, 0.4) is 0 Å². The molecular formula is C24H23N3. The quantitative estimate of drug-likeness (QED) is 0.659. The van der Waals surface area contributed by atoms with E-state index in [1.165, 1.54) is 5.22 Å². The Balaban J connectivity index is 1.53. The van der Waals surface area contributed by atoms with Gasteiger partial charge in [0.15, 0.2) is 0 Å². The van der Waals surface area contributed by atoms with E-state index < -0.39 is 0 Å². The number of aliphatic imine (C=N–C) groups is 1. The molecule has 1 aliphatic carbocycles. The highest BCUT2D eigenvalue weighted by Crippen LogP contribution is 2.16. The van der Waals surface area contributed by atoms with Crippen LogP contribution in [0.5, 0.6) is 0 Å². The number of pyridine rings is 2. The van der Waals surface area contributed by atoms with Crippen molar-refractivity contribution in [3.05, 3.63) is 76.1 Å². The summed E-state index contributed by atoms with van der Waals surface area (Å²) >= 11 is 0. The Kier molecular flexibility index (Phi) is 5.20. The second-order valence-corrected chi connectivity index (χ2v) is 6.78. The maximum absolute atomic E-state index is 4.86. The van der Waals surface area contributed by atoms with Gasteiger partial charge in [0.25, 0.3) is 0 Å². The molecule has 0 bridgehead atoms. The Hall–Kier alpha value is -3.07. The largest absolute Gasteiger partial charge is 0.297 e. The minimum atomic E-state index is 0.897. The highest BCUT2D eigenvalue weighted by Gasteiger charge is 2.03. The van der Waals surface area contributed by atoms with Gasteiger partial charge in [0.05, 0.1) is 10.9 Å². The fraction of sp³-hybridized carbons (Fsp3) is 0.208. The molecule has 27 heavy (non-hydrogen) atoms. The molecule has 0 amide bonds. The molecule has 3 heteroatoms. The number of nitrogens with zero attached hydrogens (tertiary/aromatic N) is 3. The van der Waals surface area contributed by atoms with Gasteiger partial charge in [-0.1, -0.05) is 42.5 Å². The standard InChI is InChI=1S/C24H23N3/c1-25-16-4-5-18-8-9-20-11-13-22(27-24(20)17-18)15-14-21-12-10-19-6-2-3-7-23(19)26-21/h4-13,16-17H,2-3,14-15H2,1H3/b5-4-,25-16-. The first-order valence-corrected chi connectivity index (χ1v) is 9.47. The maximum atomic E-state index is 4.86. The van der Waals surface area contributed by atoms with E-state index in [0.29, 0.717) is 0 Å². The van der Waals surface area contributed by atoms with Crippen LogP contribution in [0.4, 0.5) is 0 Å². The lowest BCUT2D eigenvalue weighted by Crippen LogP contribution is -2.30. The van der Waals surface area contributed by atoms with E-state index >= 15 is 0 Å². The van der Waals surface area contributed by atoms with Crippen molar-refractivity contribution in [2.45, 2.75) is 25.7 Å².